The second-order valence-electron chi connectivity index (χ2n) is 5.16. The third kappa shape index (κ3) is 2.52. The van der Waals surface area contributed by atoms with Crippen molar-refractivity contribution in [3.8, 4) is 0 Å². The van der Waals surface area contributed by atoms with Gasteiger partial charge in [-0.3, -0.25) is 4.90 Å². The Kier molecular flexibility index (Phi) is 3.80. The van der Waals surface area contributed by atoms with Gasteiger partial charge in [0.25, 0.3) is 0 Å². The zero-order valence-electron chi connectivity index (χ0n) is 10.6. The first-order valence-corrected chi connectivity index (χ1v) is 7.85. The van der Waals surface area contributed by atoms with Crippen molar-refractivity contribution in [3.05, 3.63) is 18.0 Å². The van der Waals surface area contributed by atoms with E-state index in [9.17, 15) is 0 Å². The molecular weight excluding hydrogens is 292 g/mol. The molecule has 1 unspecified atom stereocenters. The molecule has 0 aromatic carbocycles. The van der Waals surface area contributed by atoms with Crippen LogP contribution in [-0.4, -0.2) is 47.1 Å². The lowest BCUT2D eigenvalue weighted by atomic mass is 10.00. The molecule has 0 bridgehead atoms. The standard InChI is InChI=1S/C13H19BrN4/c14-7-11-8-15-13(16-9-11)18-6-5-17-4-2-1-3-12(17)10-18/h8-9,12H,1-7,10H2. The van der Waals surface area contributed by atoms with Crippen molar-refractivity contribution < 1.29 is 0 Å². The molecule has 3 heterocycles. The summed E-state index contributed by atoms with van der Waals surface area (Å²) in [6.45, 7) is 4.59. The van der Waals surface area contributed by atoms with E-state index in [1.54, 1.807) is 0 Å². The van der Waals surface area contributed by atoms with Crippen molar-refractivity contribution >= 4 is 21.9 Å². The first-order valence-electron chi connectivity index (χ1n) is 6.72. The minimum atomic E-state index is 0.715. The lowest BCUT2D eigenvalue weighted by molar-refractivity contribution is 0.133. The van der Waals surface area contributed by atoms with Crippen LogP contribution in [0.4, 0.5) is 5.95 Å². The highest BCUT2D eigenvalue weighted by Gasteiger charge is 2.29. The van der Waals surface area contributed by atoms with Gasteiger partial charge in [0.05, 0.1) is 0 Å². The van der Waals surface area contributed by atoms with Gasteiger partial charge in [-0.25, -0.2) is 9.97 Å². The topological polar surface area (TPSA) is 32.3 Å². The largest absolute Gasteiger partial charge is 0.338 e. The van der Waals surface area contributed by atoms with Crippen LogP contribution in [0.15, 0.2) is 12.4 Å². The Hall–Kier alpha value is -0.680. The molecule has 1 aromatic heterocycles. The second kappa shape index (κ2) is 5.53. The van der Waals surface area contributed by atoms with Crippen LogP contribution in [0.25, 0.3) is 0 Å². The molecule has 18 heavy (non-hydrogen) atoms. The van der Waals surface area contributed by atoms with Gasteiger partial charge >= 0.3 is 0 Å². The smallest absolute Gasteiger partial charge is 0.225 e. The first-order chi connectivity index (χ1) is 8.86. The summed E-state index contributed by atoms with van der Waals surface area (Å²) in [6, 6.07) is 0.715. The number of rotatable bonds is 2. The number of alkyl halides is 1. The molecule has 2 aliphatic heterocycles. The van der Waals surface area contributed by atoms with Crippen LogP contribution in [0.3, 0.4) is 0 Å². The maximum absolute atomic E-state index is 4.48. The number of piperidine rings is 1. The summed E-state index contributed by atoms with van der Waals surface area (Å²) in [4.78, 5) is 13.9. The second-order valence-corrected chi connectivity index (χ2v) is 5.72. The zero-order valence-corrected chi connectivity index (χ0v) is 12.1. The summed E-state index contributed by atoms with van der Waals surface area (Å²) in [5.74, 6) is 0.893. The molecular formula is C13H19BrN4. The van der Waals surface area contributed by atoms with Gasteiger partial charge in [0.1, 0.15) is 0 Å². The van der Waals surface area contributed by atoms with E-state index >= 15 is 0 Å². The molecule has 2 aliphatic rings. The zero-order chi connectivity index (χ0) is 12.4. The highest BCUT2D eigenvalue weighted by atomic mass is 79.9. The van der Waals surface area contributed by atoms with Crippen LogP contribution in [0.1, 0.15) is 24.8 Å². The van der Waals surface area contributed by atoms with Crippen molar-refractivity contribution in [2.45, 2.75) is 30.6 Å². The molecule has 4 nitrogen and oxygen atoms in total. The fraction of sp³-hybridized carbons (Fsp3) is 0.692. The van der Waals surface area contributed by atoms with E-state index in [1.807, 2.05) is 12.4 Å². The summed E-state index contributed by atoms with van der Waals surface area (Å²) in [5, 5.41) is 0.823. The molecule has 0 saturated carbocycles. The molecule has 0 amide bonds. The monoisotopic (exact) mass is 310 g/mol. The third-order valence-electron chi connectivity index (χ3n) is 3.97. The number of piperazine rings is 1. The van der Waals surface area contributed by atoms with Gasteiger partial charge in [-0.2, -0.15) is 0 Å². The van der Waals surface area contributed by atoms with Gasteiger partial charge < -0.3 is 4.90 Å². The number of nitrogens with zero attached hydrogens (tertiary/aromatic N) is 4. The van der Waals surface area contributed by atoms with Gasteiger partial charge in [0.15, 0.2) is 0 Å². The number of aromatic nitrogens is 2. The van der Waals surface area contributed by atoms with E-state index in [0.29, 0.717) is 6.04 Å². The van der Waals surface area contributed by atoms with Crippen molar-refractivity contribution in [1.29, 1.82) is 0 Å². The minimum Gasteiger partial charge on any atom is -0.338 e. The van der Waals surface area contributed by atoms with Crippen LogP contribution < -0.4 is 4.90 Å². The quantitative estimate of drug-likeness (QED) is 0.783. The molecule has 0 N–H and O–H groups in total. The molecule has 0 radical (unpaired) electrons. The van der Waals surface area contributed by atoms with E-state index in [1.165, 1.54) is 25.8 Å². The fourth-order valence-corrected chi connectivity index (χ4v) is 3.21. The number of hydrogen-bond donors (Lipinski definition) is 0. The lowest BCUT2D eigenvalue weighted by Crippen LogP contribution is -2.55. The number of anilines is 1. The van der Waals surface area contributed by atoms with Crippen LogP contribution in [-0.2, 0) is 5.33 Å². The fourth-order valence-electron chi connectivity index (χ4n) is 2.92. The Morgan fingerprint density at radius 3 is 2.78 bits per heavy atom. The van der Waals surface area contributed by atoms with Crippen molar-refractivity contribution in [1.82, 2.24) is 14.9 Å². The normalized spacial score (nSPS) is 24.9. The van der Waals surface area contributed by atoms with Crippen LogP contribution in [0.2, 0.25) is 0 Å². The molecule has 98 valence electrons. The average Bonchev–Trinajstić information content (AvgIpc) is 2.47. The van der Waals surface area contributed by atoms with E-state index < -0.39 is 0 Å². The van der Waals surface area contributed by atoms with Crippen LogP contribution >= 0.6 is 15.9 Å². The molecule has 5 heteroatoms. The summed E-state index contributed by atoms with van der Waals surface area (Å²) < 4.78 is 0. The first kappa shape index (κ1) is 12.4. The van der Waals surface area contributed by atoms with E-state index in [4.69, 9.17) is 0 Å². The Morgan fingerprint density at radius 2 is 2.00 bits per heavy atom. The number of hydrogen-bond acceptors (Lipinski definition) is 4. The molecule has 2 saturated heterocycles. The van der Waals surface area contributed by atoms with Crippen LogP contribution in [0, 0.1) is 0 Å². The average molecular weight is 311 g/mol. The molecule has 2 fully saturated rings. The Bertz CT molecular complexity index is 394. The van der Waals surface area contributed by atoms with Gasteiger partial charge in [0.2, 0.25) is 5.95 Å². The summed E-state index contributed by atoms with van der Waals surface area (Å²) >= 11 is 3.42. The van der Waals surface area contributed by atoms with Gasteiger partial charge in [-0.15, -0.1) is 0 Å². The number of halogens is 1. The van der Waals surface area contributed by atoms with Crippen LogP contribution in [0.5, 0.6) is 0 Å². The molecule has 3 rings (SSSR count). The van der Waals surface area contributed by atoms with Crippen molar-refractivity contribution in [2.75, 3.05) is 31.1 Å². The summed E-state index contributed by atoms with van der Waals surface area (Å²) in [5.41, 5.74) is 1.13. The molecule has 1 aromatic rings. The maximum atomic E-state index is 4.48. The Morgan fingerprint density at radius 1 is 1.17 bits per heavy atom. The van der Waals surface area contributed by atoms with Gasteiger partial charge in [-0.05, 0) is 24.9 Å². The maximum Gasteiger partial charge on any atom is 0.225 e. The van der Waals surface area contributed by atoms with Crippen molar-refractivity contribution in [2.24, 2.45) is 0 Å². The van der Waals surface area contributed by atoms with E-state index in [0.717, 1.165) is 36.5 Å². The predicted molar refractivity (Wildman–Crippen MR) is 76.1 cm³/mol. The van der Waals surface area contributed by atoms with E-state index in [-0.39, 0.29) is 0 Å². The summed E-state index contributed by atoms with van der Waals surface area (Å²) in [7, 11) is 0. The highest BCUT2D eigenvalue weighted by Crippen LogP contribution is 2.23. The van der Waals surface area contributed by atoms with Crippen molar-refractivity contribution in [3.63, 3.8) is 0 Å². The molecule has 0 spiro atoms. The molecule has 1 atom stereocenters. The number of fused-ring (bicyclic) bond motifs is 1. The van der Waals surface area contributed by atoms with Gasteiger partial charge in [-0.1, -0.05) is 22.4 Å². The summed E-state index contributed by atoms with van der Waals surface area (Å²) in [6.07, 6.45) is 7.91. The minimum absolute atomic E-state index is 0.715. The Labute approximate surface area is 117 Å². The predicted octanol–water partition coefficient (Wildman–Crippen LogP) is 2.05. The van der Waals surface area contributed by atoms with E-state index in [2.05, 4.69) is 35.7 Å². The van der Waals surface area contributed by atoms with Gasteiger partial charge in [0, 0.05) is 43.4 Å². The SMILES string of the molecule is BrCc1cnc(N2CCN3CCCCC3C2)nc1. The lowest BCUT2D eigenvalue weighted by Gasteiger charge is -2.44. The molecule has 0 aliphatic carbocycles. The highest BCUT2D eigenvalue weighted by molar-refractivity contribution is 9.08. The third-order valence-corrected chi connectivity index (χ3v) is 4.61. The Balaban J connectivity index is 1.69.